The van der Waals surface area contributed by atoms with Gasteiger partial charge in [-0.2, -0.15) is 0 Å². The van der Waals surface area contributed by atoms with Gasteiger partial charge in [-0.05, 0) is 69.3 Å². The minimum absolute atomic E-state index is 0.126. The zero-order valence-electron chi connectivity index (χ0n) is 20.2. The summed E-state index contributed by atoms with van der Waals surface area (Å²) >= 11 is 0. The Morgan fingerprint density at radius 1 is 0.774 bits per heavy atom. The molecule has 5 rings (SSSR count). The first-order chi connectivity index (χ1) is 14.6. The highest BCUT2D eigenvalue weighted by atomic mass is 14.5. The Kier molecular flexibility index (Phi) is 4.67. The van der Waals surface area contributed by atoms with Gasteiger partial charge in [0.1, 0.15) is 0 Å². The lowest BCUT2D eigenvalue weighted by Gasteiger charge is -2.45. The van der Waals surface area contributed by atoms with Crippen molar-refractivity contribution in [2.75, 3.05) is 0 Å². The highest BCUT2D eigenvalue weighted by Gasteiger charge is 2.45. The van der Waals surface area contributed by atoms with Gasteiger partial charge in [0.2, 0.25) is 0 Å². The number of benzene rings is 2. The number of rotatable bonds is 3. The maximum absolute atomic E-state index is 2.63. The Labute approximate surface area is 189 Å². The molecule has 1 atom stereocenters. The molecule has 0 saturated heterocycles. The van der Waals surface area contributed by atoms with Crippen LogP contribution in [0.25, 0.3) is 11.1 Å². The summed E-state index contributed by atoms with van der Waals surface area (Å²) in [5.74, 6) is 1.60. The summed E-state index contributed by atoms with van der Waals surface area (Å²) in [6.07, 6.45) is 11.6. The zero-order chi connectivity index (χ0) is 22.0. The minimum Gasteiger partial charge on any atom is -0.0768 e. The highest BCUT2D eigenvalue weighted by molar-refractivity contribution is 5.79. The third-order valence-electron chi connectivity index (χ3n) is 8.33. The molecular weight excluding hydrogens is 372 g/mol. The molecule has 31 heavy (non-hydrogen) atoms. The Morgan fingerprint density at radius 3 is 1.84 bits per heavy atom. The first-order valence-corrected chi connectivity index (χ1v) is 12.2. The van der Waals surface area contributed by atoms with E-state index in [0.29, 0.717) is 28.6 Å². The second kappa shape index (κ2) is 6.96. The molecule has 0 spiro atoms. The molecule has 1 saturated carbocycles. The molecule has 0 heterocycles. The molecule has 0 N–H and O–H groups in total. The van der Waals surface area contributed by atoms with Crippen LogP contribution in [-0.4, -0.2) is 0 Å². The molecule has 3 aliphatic carbocycles. The molecular formula is C31H38. The smallest absolute Gasteiger partial charge is 0.0161 e. The molecule has 0 heteroatoms. The zero-order valence-corrected chi connectivity index (χ0v) is 20.2. The van der Waals surface area contributed by atoms with Crippen molar-refractivity contribution in [1.82, 2.24) is 0 Å². The van der Waals surface area contributed by atoms with Crippen molar-refractivity contribution in [2.45, 2.75) is 66.7 Å². The normalized spacial score (nSPS) is 24.7. The Bertz CT molecular complexity index is 997. The fourth-order valence-corrected chi connectivity index (χ4v) is 7.50. The number of hydrogen-bond donors (Lipinski definition) is 0. The van der Waals surface area contributed by atoms with Crippen LogP contribution in [0, 0.1) is 28.1 Å². The monoisotopic (exact) mass is 410 g/mol. The summed E-state index contributed by atoms with van der Waals surface area (Å²) in [7, 11) is 0. The van der Waals surface area contributed by atoms with Crippen molar-refractivity contribution in [3.63, 3.8) is 0 Å². The van der Waals surface area contributed by atoms with Crippen LogP contribution in [0.5, 0.6) is 0 Å². The molecule has 0 amide bonds. The van der Waals surface area contributed by atoms with E-state index in [2.05, 4.69) is 108 Å². The van der Waals surface area contributed by atoms with E-state index in [9.17, 15) is 0 Å². The molecule has 0 radical (unpaired) electrons. The van der Waals surface area contributed by atoms with Gasteiger partial charge in [-0.3, -0.25) is 0 Å². The molecule has 1 unspecified atom stereocenters. The van der Waals surface area contributed by atoms with E-state index < -0.39 is 0 Å². The summed E-state index contributed by atoms with van der Waals surface area (Å²) in [6, 6.07) is 18.1. The second-order valence-electron chi connectivity index (χ2n) is 12.6. The molecule has 162 valence electrons. The average Bonchev–Trinajstić information content (AvgIpc) is 3.30. The number of fused-ring (bicyclic) bond motifs is 3. The van der Waals surface area contributed by atoms with Gasteiger partial charge < -0.3 is 0 Å². The molecule has 2 aromatic rings. The van der Waals surface area contributed by atoms with E-state index in [-0.39, 0.29) is 5.41 Å². The van der Waals surface area contributed by atoms with Gasteiger partial charge >= 0.3 is 0 Å². The van der Waals surface area contributed by atoms with Crippen molar-refractivity contribution in [1.29, 1.82) is 0 Å². The van der Waals surface area contributed by atoms with Crippen LogP contribution >= 0.6 is 0 Å². The Morgan fingerprint density at radius 2 is 1.29 bits per heavy atom. The summed E-state index contributed by atoms with van der Waals surface area (Å²) in [5, 5.41) is 0. The average molecular weight is 411 g/mol. The molecule has 1 fully saturated rings. The maximum atomic E-state index is 2.63. The minimum atomic E-state index is 0.126. The summed E-state index contributed by atoms with van der Waals surface area (Å²) in [4.78, 5) is 0. The lowest BCUT2D eigenvalue weighted by molar-refractivity contribution is 0.0830. The third kappa shape index (κ3) is 3.53. The van der Waals surface area contributed by atoms with Gasteiger partial charge in [-0.25, -0.2) is 0 Å². The van der Waals surface area contributed by atoms with Crippen LogP contribution < -0.4 is 0 Å². The quantitative estimate of drug-likeness (QED) is 0.474. The van der Waals surface area contributed by atoms with Crippen molar-refractivity contribution in [3.8, 4) is 11.1 Å². The molecule has 2 aromatic carbocycles. The largest absolute Gasteiger partial charge is 0.0768 e. The maximum Gasteiger partial charge on any atom is 0.0161 e. The van der Waals surface area contributed by atoms with E-state index >= 15 is 0 Å². The van der Waals surface area contributed by atoms with Crippen LogP contribution in [0.1, 0.15) is 77.8 Å². The van der Waals surface area contributed by atoms with Crippen LogP contribution in [-0.2, 0) is 0 Å². The first-order valence-electron chi connectivity index (χ1n) is 12.2. The summed E-state index contributed by atoms with van der Waals surface area (Å²) in [5.41, 5.74) is 8.44. The van der Waals surface area contributed by atoms with Gasteiger partial charge in [0.25, 0.3) is 0 Å². The van der Waals surface area contributed by atoms with E-state index in [4.69, 9.17) is 0 Å². The second-order valence-corrected chi connectivity index (χ2v) is 12.6. The van der Waals surface area contributed by atoms with E-state index in [1.807, 2.05) is 0 Å². The first kappa shape index (κ1) is 20.8. The molecule has 3 aliphatic rings. The van der Waals surface area contributed by atoms with Crippen molar-refractivity contribution >= 4 is 0 Å². The Balaban J connectivity index is 1.49. The van der Waals surface area contributed by atoms with E-state index in [1.54, 1.807) is 5.57 Å². The van der Waals surface area contributed by atoms with Crippen LogP contribution in [0.2, 0.25) is 0 Å². The standard InChI is InChI=1S/C31H38/c1-29(2)18-22(19-30(3,4)20-29)21-15-16-23(17-21)31(5,6)28-26-13-9-7-11-24(26)25-12-8-10-14-27(25)28/h7-17,22-23,28H,18-20H2,1-6H3. The molecule has 0 bridgehead atoms. The van der Waals surface area contributed by atoms with Crippen LogP contribution in [0.3, 0.4) is 0 Å². The van der Waals surface area contributed by atoms with Crippen LogP contribution in [0.15, 0.2) is 72.3 Å². The van der Waals surface area contributed by atoms with Crippen molar-refractivity contribution < 1.29 is 0 Å². The van der Waals surface area contributed by atoms with E-state index in [1.165, 1.54) is 41.5 Å². The van der Waals surface area contributed by atoms with Gasteiger partial charge in [-0.15, -0.1) is 0 Å². The summed E-state index contributed by atoms with van der Waals surface area (Å²) < 4.78 is 0. The number of hydrogen-bond acceptors (Lipinski definition) is 0. The van der Waals surface area contributed by atoms with Gasteiger partial charge in [-0.1, -0.05) is 108 Å². The SMILES string of the molecule is CC1(C)CC(C2=CC(C(C)(C)C3c4ccccc4-c4ccccc43)C=C2)CC(C)(C)C1. The van der Waals surface area contributed by atoms with E-state index in [0.717, 1.165) is 0 Å². The van der Waals surface area contributed by atoms with Crippen LogP contribution in [0.4, 0.5) is 0 Å². The third-order valence-corrected chi connectivity index (χ3v) is 8.33. The van der Waals surface area contributed by atoms with Gasteiger partial charge in [0, 0.05) is 11.8 Å². The Hall–Kier alpha value is -2.08. The predicted molar refractivity (Wildman–Crippen MR) is 133 cm³/mol. The topological polar surface area (TPSA) is 0 Å². The fraction of sp³-hybridized carbons (Fsp3) is 0.484. The molecule has 0 aliphatic heterocycles. The van der Waals surface area contributed by atoms with Gasteiger partial charge in [0.15, 0.2) is 0 Å². The van der Waals surface area contributed by atoms with Crippen molar-refractivity contribution in [2.24, 2.45) is 28.1 Å². The number of allylic oxidation sites excluding steroid dienone is 4. The van der Waals surface area contributed by atoms with Crippen molar-refractivity contribution in [3.05, 3.63) is 83.5 Å². The summed E-state index contributed by atoms with van der Waals surface area (Å²) in [6.45, 7) is 14.8. The van der Waals surface area contributed by atoms with Gasteiger partial charge in [0.05, 0.1) is 0 Å². The molecule has 0 aromatic heterocycles. The lowest BCUT2D eigenvalue weighted by Crippen LogP contribution is -2.34. The lowest BCUT2D eigenvalue weighted by atomic mass is 9.60. The highest BCUT2D eigenvalue weighted by Crippen LogP contribution is 2.57. The predicted octanol–water partition coefficient (Wildman–Crippen LogP) is 8.79. The molecule has 0 nitrogen and oxygen atoms in total. The fourth-order valence-electron chi connectivity index (χ4n) is 7.50.